The highest BCUT2D eigenvalue weighted by Gasteiger charge is 2.46. The van der Waals surface area contributed by atoms with Gasteiger partial charge in [0.2, 0.25) is 0 Å². The van der Waals surface area contributed by atoms with Gasteiger partial charge in [-0.15, -0.1) is 0 Å². The van der Waals surface area contributed by atoms with Gasteiger partial charge in [-0.1, -0.05) is 6.08 Å². The molecule has 1 aliphatic heterocycles. The second kappa shape index (κ2) is 8.78. The minimum Gasteiger partial charge on any atom is -0.478 e. The molecule has 0 aromatic carbocycles. The largest absolute Gasteiger partial charge is 0.478 e. The molecule has 1 unspecified atom stereocenters. The fraction of sp³-hybridized carbons (Fsp3) is 0.778. The molecule has 1 rings (SSSR count). The Balaban J connectivity index is 2.38. The van der Waals surface area contributed by atoms with E-state index in [2.05, 4.69) is 0 Å². The maximum Gasteiger partial charge on any atom is 0.327 e. The predicted octanol–water partition coefficient (Wildman–Crippen LogP) is 2.50. The number of aliphatic hydroxyl groups excluding tert-OH is 1. The van der Waals surface area contributed by atoms with Gasteiger partial charge >= 0.3 is 11.9 Å². The number of aliphatic carboxylic acids is 1. The van der Waals surface area contributed by atoms with Gasteiger partial charge in [-0.3, -0.25) is 4.79 Å². The van der Waals surface area contributed by atoms with Crippen LogP contribution in [0.15, 0.2) is 12.2 Å². The summed E-state index contributed by atoms with van der Waals surface area (Å²) in [6.45, 7) is 7.62. The molecule has 0 aromatic rings. The number of esters is 1. The first-order chi connectivity index (χ1) is 11.4. The van der Waals surface area contributed by atoms with Gasteiger partial charge in [-0.25, -0.2) is 4.79 Å². The Labute approximate surface area is 149 Å². The zero-order valence-corrected chi connectivity index (χ0v) is 15.6. The quantitative estimate of drug-likeness (QED) is 0.452. The second-order valence-corrected chi connectivity index (χ2v) is 7.97. The van der Waals surface area contributed by atoms with Crippen LogP contribution < -0.4 is 0 Å². The molecule has 1 saturated heterocycles. The molecule has 1 atom stereocenters. The molecule has 0 aromatic heterocycles. The lowest BCUT2D eigenvalue weighted by Crippen LogP contribution is -2.60. The van der Waals surface area contributed by atoms with Gasteiger partial charge < -0.3 is 20.2 Å². The molecular formula is C18H31NO6. The summed E-state index contributed by atoms with van der Waals surface area (Å²) in [7, 11) is 0. The summed E-state index contributed by atoms with van der Waals surface area (Å²) < 4.78 is 5.54. The van der Waals surface area contributed by atoms with Crippen LogP contribution in [0.3, 0.4) is 0 Å². The van der Waals surface area contributed by atoms with Crippen molar-refractivity contribution in [1.29, 1.82) is 0 Å². The highest BCUT2D eigenvalue weighted by molar-refractivity contribution is 5.79. The average molecular weight is 357 g/mol. The fourth-order valence-electron chi connectivity index (χ4n) is 3.41. The number of allylic oxidation sites excluding steroid dienone is 1. The number of rotatable bonds is 8. The Kier molecular flexibility index (Phi) is 7.59. The van der Waals surface area contributed by atoms with Crippen LogP contribution in [0.4, 0.5) is 0 Å². The van der Waals surface area contributed by atoms with Gasteiger partial charge in [0.05, 0.1) is 6.10 Å². The number of carbonyl (C=O) groups excluding carboxylic acids is 1. The first-order valence-electron chi connectivity index (χ1n) is 8.70. The molecule has 3 N–H and O–H groups in total. The molecule has 0 bridgehead atoms. The van der Waals surface area contributed by atoms with E-state index in [-0.39, 0.29) is 24.9 Å². The van der Waals surface area contributed by atoms with Crippen LogP contribution in [0, 0.1) is 0 Å². The van der Waals surface area contributed by atoms with Gasteiger partial charge in [0.1, 0.15) is 6.10 Å². The van der Waals surface area contributed by atoms with Crippen LogP contribution in [0.1, 0.15) is 66.2 Å². The van der Waals surface area contributed by atoms with Gasteiger partial charge in [0.15, 0.2) is 0 Å². The number of nitrogens with zero attached hydrogens (tertiary/aromatic N) is 1. The number of hydroxylamine groups is 2. The molecule has 1 fully saturated rings. The number of hydrogen-bond acceptors (Lipinski definition) is 6. The van der Waals surface area contributed by atoms with E-state index >= 15 is 0 Å². The molecule has 1 heterocycles. The van der Waals surface area contributed by atoms with E-state index in [0.29, 0.717) is 25.7 Å². The van der Waals surface area contributed by atoms with Crippen LogP contribution in [0.2, 0.25) is 0 Å². The Bertz CT molecular complexity index is 482. The number of ether oxygens (including phenoxy) is 1. The third-order valence-electron chi connectivity index (χ3n) is 4.51. The summed E-state index contributed by atoms with van der Waals surface area (Å²) in [5, 5.41) is 29.9. The van der Waals surface area contributed by atoms with E-state index in [0.717, 1.165) is 6.08 Å². The van der Waals surface area contributed by atoms with E-state index in [4.69, 9.17) is 9.84 Å². The first-order valence-corrected chi connectivity index (χ1v) is 8.70. The number of carboxylic acid groups (broad SMARTS) is 1. The van der Waals surface area contributed by atoms with Gasteiger partial charge in [-0.2, -0.15) is 5.06 Å². The van der Waals surface area contributed by atoms with Crippen LogP contribution in [-0.2, 0) is 14.3 Å². The smallest absolute Gasteiger partial charge is 0.327 e. The van der Waals surface area contributed by atoms with Crippen LogP contribution in [-0.4, -0.2) is 55.7 Å². The van der Waals surface area contributed by atoms with Crippen molar-refractivity contribution in [2.45, 2.75) is 89.5 Å². The Morgan fingerprint density at radius 3 is 2.28 bits per heavy atom. The first kappa shape index (κ1) is 21.6. The van der Waals surface area contributed by atoms with E-state index in [1.165, 1.54) is 11.1 Å². The number of carboxylic acids is 1. The number of piperidine rings is 1. The Hall–Kier alpha value is -1.44. The molecule has 0 amide bonds. The fourth-order valence-corrected chi connectivity index (χ4v) is 3.41. The average Bonchev–Trinajstić information content (AvgIpc) is 2.46. The van der Waals surface area contributed by atoms with Crippen molar-refractivity contribution in [3.05, 3.63) is 12.2 Å². The lowest BCUT2D eigenvalue weighted by Gasteiger charge is -2.50. The summed E-state index contributed by atoms with van der Waals surface area (Å²) in [4.78, 5) is 22.4. The Morgan fingerprint density at radius 2 is 1.76 bits per heavy atom. The standard InChI is InChI=1S/C18H31NO6/c1-17(2)11-14(12-18(3,4)19(17)24)25-16(23)10-9-13(20)7-5-6-8-15(21)22/h6,8,13-14,20,24H,5,7,9-12H2,1-4H3,(H,21,22)/b8-6+. The number of hydrogen-bond donors (Lipinski definition) is 3. The third kappa shape index (κ3) is 7.13. The monoisotopic (exact) mass is 357 g/mol. The molecule has 7 heteroatoms. The molecule has 0 radical (unpaired) electrons. The molecule has 7 nitrogen and oxygen atoms in total. The van der Waals surface area contributed by atoms with Crippen LogP contribution in [0.5, 0.6) is 0 Å². The predicted molar refractivity (Wildman–Crippen MR) is 92.1 cm³/mol. The lowest BCUT2D eigenvalue weighted by atomic mass is 9.80. The topological polar surface area (TPSA) is 107 Å². The second-order valence-electron chi connectivity index (χ2n) is 7.97. The summed E-state index contributed by atoms with van der Waals surface area (Å²) in [6.07, 6.45) is 3.92. The molecule has 25 heavy (non-hydrogen) atoms. The molecule has 144 valence electrons. The van der Waals surface area contributed by atoms with Crippen molar-refractivity contribution in [3.8, 4) is 0 Å². The minimum absolute atomic E-state index is 0.115. The SMILES string of the molecule is CC1(C)CC(OC(=O)CCC(O)CC/C=C/C(=O)O)CC(C)(C)N1O. The number of carbonyl (C=O) groups is 2. The normalized spacial score (nSPS) is 22.0. The molecule has 1 aliphatic rings. The van der Waals surface area contributed by atoms with E-state index in [1.54, 1.807) is 0 Å². The molecule has 0 spiro atoms. The van der Waals surface area contributed by atoms with Crippen molar-refractivity contribution < 1.29 is 29.7 Å². The maximum absolute atomic E-state index is 12.0. The van der Waals surface area contributed by atoms with Gasteiger partial charge in [-0.05, 0) is 47.0 Å². The Morgan fingerprint density at radius 1 is 1.20 bits per heavy atom. The van der Waals surface area contributed by atoms with Gasteiger partial charge in [0.25, 0.3) is 0 Å². The van der Waals surface area contributed by atoms with E-state index in [1.807, 2.05) is 27.7 Å². The molecular weight excluding hydrogens is 326 g/mol. The van der Waals surface area contributed by atoms with Crippen molar-refractivity contribution in [3.63, 3.8) is 0 Å². The summed E-state index contributed by atoms with van der Waals surface area (Å²) >= 11 is 0. The van der Waals surface area contributed by atoms with Crippen molar-refractivity contribution >= 4 is 11.9 Å². The van der Waals surface area contributed by atoms with Crippen LogP contribution in [0.25, 0.3) is 0 Å². The maximum atomic E-state index is 12.0. The molecule has 0 aliphatic carbocycles. The zero-order valence-electron chi connectivity index (χ0n) is 15.6. The zero-order chi connectivity index (χ0) is 19.3. The van der Waals surface area contributed by atoms with Crippen molar-refractivity contribution in [2.75, 3.05) is 0 Å². The number of aliphatic hydroxyl groups is 1. The summed E-state index contributed by atoms with van der Waals surface area (Å²) in [5.41, 5.74) is -0.967. The van der Waals surface area contributed by atoms with E-state index in [9.17, 15) is 19.9 Å². The van der Waals surface area contributed by atoms with Gasteiger partial charge in [0, 0.05) is 36.4 Å². The summed E-state index contributed by atoms with van der Waals surface area (Å²) in [6, 6.07) is 0. The van der Waals surface area contributed by atoms with Crippen molar-refractivity contribution in [1.82, 2.24) is 5.06 Å². The third-order valence-corrected chi connectivity index (χ3v) is 4.51. The van der Waals surface area contributed by atoms with E-state index < -0.39 is 23.2 Å². The highest BCUT2D eigenvalue weighted by atomic mass is 16.5. The lowest BCUT2D eigenvalue weighted by molar-refractivity contribution is -0.259. The minimum atomic E-state index is -1.02. The summed E-state index contributed by atoms with van der Waals surface area (Å²) in [5.74, 6) is -1.37. The molecule has 0 saturated carbocycles. The van der Waals surface area contributed by atoms with Crippen LogP contribution >= 0.6 is 0 Å². The van der Waals surface area contributed by atoms with Crippen molar-refractivity contribution in [2.24, 2.45) is 0 Å². The highest BCUT2D eigenvalue weighted by Crippen LogP contribution is 2.38.